The summed E-state index contributed by atoms with van der Waals surface area (Å²) in [5.74, 6) is 0.869. The highest BCUT2D eigenvalue weighted by Gasteiger charge is 2.06. The number of benzene rings is 1. The molecule has 90 valence electrons. The van der Waals surface area contributed by atoms with Crippen molar-refractivity contribution in [2.24, 2.45) is 0 Å². The smallest absolute Gasteiger partial charge is 0.142 e. The third kappa shape index (κ3) is 2.07. The van der Waals surface area contributed by atoms with E-state index >= 15 is 0 Å². The standard InChI is InChI=1S/C14H13N3S/c1-9-3-5-11(6-4-9)17-13-12-7-10(2)18-14(12)16-8-15-13/h3-8H,1-2H3,(H,15,16,17). The predicted octanol–water partition coefficient (Wildman–Crippen LogP) is 4.05. The van der Waals surface area contributed by atoms with Crippen molar-refractivity contribution in [3.63, 3.8) is 0 Å². The summed E-state index contributed by atoms with van der Waals surface area (Å²) in [4.78, 5) is 10.9. The molecule has 0 aliphatic rings. The van der Waals surface area contributed by atoms with E-state index in [2.05, 4.69) is 59.5 Å². The van der Waals surface area contributed by atoms with Crippen LogP contribution in [0.2, 0.25) is 0 Å². The summed E-state index contributed by atoms with van der Waals surface area (Å²) in [6.07, 6.45) is 1.61. The fraction of sp³-hybridized carbons (Fsp3) is 0.143. The monoisotopic (exact) mass is 255 g/mol. The van der Waals surface area contributed by atoms with Crippen LogP contribution >= 0.6 is 11.3 Å². The molecule has 0 spiro atoms. The molecule has 0 atom stereocenters. The molecule has 3 nitrogen and oxygen atoms in total. The molecular formula is C14H13N3S. The number of nitrogens with zero attached hydrogens (tertiary/aromatic N) is 2. The second-order valence-corrected chi connectivity index (χ2v) is 5.52. The van der Waals surface area contributed by atoms with Crippen molar-refractivity contribution in [2.45, 2.75) is 13.8 Å². The molecule has 18 heavy (non-hydrogen) atoms. The molecule has 0 aliphatic heterocycles. The van der Waals surface area contributed by atoms with Gasteiger partial charge >= 0.3 is 0 Å². The lowest BCUT2D eigenvalue weighted by molar-refractivity contribution is 1.23. The normalized spacial score (nSPS) is 10.8. The Kier molecular flexibility index (Phi) is 2.72. The van der Waals surface area contributed by atoms with Crippen molar-refractivity contribution < 1.29 is 0 Å². The Morgan fingerprint density at radius 2 is 1.83 bits per heavy atom. The van der Waals surface area contributed by atoms with Crippen molar-refractivity contribution in [1.82, 2.24) is 9.97 Å². The van der Waals surface area contributed by atoms with E-state index in [1.54, 1.807) is 17.7 Å². The first-order chi connectivity index (χ1) is 8.72. The molecule has 4 heteroatoms. The highest BCUT2D eigenvalue weighted by molar-refractivity contribution is 7.18. The Morgan fingerprint density at radius 3 is 2.61 bits per heavy atom. The van der Waals surface area contributed by atoms with Gasteiger partial charge in [-0.3, -0.25) is 0 Å². The lowest BCUT2D eigenvalue weighted by Crippen LogP contribution is -1.94. The number of rotatable bonds is 2. The summed E-state index contributed by atoms with van der Waals surface area (Å²) in [6.45, 7) is 4.16. The maximum atomic E-state index is 4.32. The fourth-order valence-electron chi connectivity index (χ4n) is 1.85. The zero-order valence-corrected chi connectivity index (χ0v) is 11.1. The van der Waals surface area contributed by atoms with Gasteiger partial charge in [0.2, 0.25) is 0 Å². The van der Waals surface area contributed by atoms with Gasteiger partial charge in [-0.15, -0.1) is 11.3 Å². The molecule has 0 amide bonds. The topological polar surface area (TPSA) is 37.8 Å². The van der Waals surface area contributed by atoms with E-state index in [1.807, 2.05) is 0 Å². The first-order valence-electron chi connectivity index (χ1n) is 5.77. The van der Waals surface area contributed by atoms with Gasteiger partial charge in [-0.1, -0.05) is 17.7 Å². The van der Waals surface area contributed by atoms with E-state index < -0.39 is 0 Å². The van der Waals surface area contributed by atoms with E-state index in [9.17, 15) is 0 Å². The zero-order chi connectivity index (χ0) is 12.5. The quantitative estimate of drug-likeness (QED) is 0.750. The molecule has 3 aromatic rings. The fourth-order valence-corrected chi connectivity index (χ4v) is 2.70. The van der Waals surface area contributed by atoms with Crippen LogP contribution < -0.4 is 5.32 Å². The second kappa shape index (κ2) is 4.38. The van der Waals surface area contributed by atoms with E-state index in [4.69, 9.17) is 0 Å². The third-order valence-corrected chi connectivity index (χ3v) is 3.73. The lowest BCUT2D eigenvalue weighted by Gasteiger charge is -2.06. The third-order valence-electron chi connectivity index (χ3n) is 2.77. The summed E-state index contributed by atoms with van der Waals surface area (Å²) < 4.78 is 0. The SMILES string of the molecule is Cc1ccc(Nc2ncnc3sc(C)cc23)cc1. The van der Waals surface area contributed by atoms with Crippen LogP contribution in [0.4, 0.5) is 11.5 Å². The molecule has 0 radical (unpaired) electrons. The molecular weight excluding hydrogens is 242 g/mol. The van der Waals surface area contributed by atoms with Crippen LogP contribution in [0.15, 0.2) is 36.7 Å². The highest BCUT2D eigenvalue weighted by Crippen LogP contribution is 2.29. The number of aromatic nitrogens is 2. The molecule has 0 aliphatic carbocycles. The van der Waals surface area contributed by atoms with Crippen molar-refractivity contribution in [1.29, 1.82) is 0 Å². The summed E-state index contributed by atoms with van der Waals surface area (Å²) in [7, 11) is 0. The summed E-state index contributed by atoms with van der Waals surface area (Å²) in [5, 5.41) is 4.43. The van der Waals surface area contributed by atoms with Crippen LogP contribution in [0.25, 0.3) is 10.2 Å². The van der Waals surface area contributed by atoms with Crippen LogP contribution in [-0.4, -0.2) is 9.97 Å². The van der Waals surface area contributed by atoms with Crippen LogP contribution in [0.1, 0.15) is 10.4 Å². The molecule has 2 heterocycles. The minimum atomic E-state index is 0.869. The van der Waals surface area contributed by atoms with Crippen LogP contribution in [-0.2, 0) is 0 Å². The molecule has 0 fully saturated rings. The van der Waals surface area contributed by atoms with Gasteiger partial charge < -0.3 is 5.32 Å². The van der Waals surface area contributed by atoms with Crippen LogP contribution in [0.3, 0.4) is 0 Å². The van der Waals surface area contributed by atoms with Gasteiger partial charge in [0.1, 0.15) is 17.0 Å². The van der Waals surface area contributed by atoms with Gasteiger partial charge in [0.15, 0.2) is 0 Å². The Bertz CT molecular complexity index is 686. The summed E-state index contributed by atoms with van der Waals surface area (Å²) in [5.41, 5.74) is 2.30. The Hall–Kier alpha value is -1.94. The molecule has 0 unspecified atom stereocenters. The molecule has 0 saturated heterocycles. The summed E-state index contributed by atoms with van der Waals surface area (Å²) in [6, 6.07) is 10.4. The van der Waals surface area contributed by atoms with Gasteiger partial charge in [0.25, 0.3) is 0 Å². The minimum Gasteiger partial charge on any atom is -0.340 e. The Labute approximate surface area is 110 Å². The van der Waals surface area contributed by atoms with Gasteiger partial charge in [0.05, 0.1) is 5.39 Å². The molecule has 0 saturated carbocycles. The van der Waals surface area contributed by atoms with E-state index in [0.29, 0.717) is 0 Å². The van der Waals surface area contributed by atoms with E-state index in [-0.39, 0.29) is 0 Å². The number of hydrogen-bond donors (Lipinski definition) is 1. The van der Waals surface area contributed by atoms with Crippen molar-refractivity contribution in [3.05, 3.63) is 47.1 Å². The van der Waals surface area contributed by atoms with Crippen molar-refractivity contribution in [2.75, 3.05) is 5.32 Å². The van der Waals surface area contributed by atoms with Gasteiger partial charge in [0, 0.05) is 10.6 Å². The van der Waals surface area contributed by atoms with Gasteiger partial charge in [-0.05, 0) is 32.0 Å². The molecule has 0 bridgehead atoms. The maximum Gasteiger partial charge on any atom is 0.142 e. The number of aryl methyl sites for hydroxylation is 2. The molecule has 3 rings (SSSR count). The average Bonchev–Trinajstić information content (AvgIpc) is 2.73. The van der Waals surface area contributed by atoms with Crippen LogP contribution in [0, 0.1) is 13.8 Å². The molecule has 2 aromatic heterocycles. The van der Waals surface area contributed by atoms with Crippen LogP contribution in [0.5, 0.6) is 0 Å². The first-order valence-corrected chi connectivity index (χ1v) is 6.59. The first kappa shape index (κ1) is 11.2. The molecule has 1 aromatic carbocycles. The minimum absolute atomic E-state index is 0.869. The maximum absolute atomic E-state index is 4.32. The Morgan fingerprint density at radius 1 is 1.06 bits per heavy atom. The average molecular weight is 255 g/mol. The van der Waals surface area contributed by atoms with Crippen molar-refractivity contribution in [3.8, 4) is 0 Å². The van der Waals surface area contributed by atoms with E-state index in [0.717, 1.165) is 21.7 Å². The number of nitrogens with one attached hydrogen (secondary N) is 1. The highest BCUT2D eigenvalue weighted by atomic mass is 32.1. The van der Waals surface area contributed by atoms with Gasteiger partial charge in [-0.25, -0.2) is 9.97 Å². The molecule has 1 N–H and O–H groups in total. The summed E-state index contributed by atoms with van der Waals surface area (Å²) >= 11 is 1.69. The number of thiophene rings is 1. The number of hydrogen-bond acceptors (Lipinski definition) is 4. The zero-order valence-electron chi connectivity index (χ0n) is 10.3. The van der Waals surface area contributed by atoms with Gasteiger partial charge in [-0.2, -0.15) is 0 Å². The number of fused-ring (bicyclic) bond motifs is 1. The Balaban J connectivity index is 2.01. The lowest BCUT2D eigenvalue weighted by atomic mass is 10.2. The largest absolute Gasteiger partial charge is 0.340 e. The number of anilines is 2. The second-order valence-electron chi connectivity index (χ2n) is 4.29. The van der Waals surface area contributed by atoms with Crippen molar-refractivity contribution >= 4 is 33.1 Å². The van der Waals surface area contributed by atoms with E-state index in [1.165, 1.54) is 10.4 Å². The predicted molar refractivity (Wildman–Crippen MR) is 76.6 cm³/mol.